The zero-order valence-corrected chi connectivity index (χ0v) is 11.9. The Balaban J connectivity index is 2.07. The van der Waals surface area contributed by atoms with Crippen LogP contribution in [0.15, 0.2) is 18.2 Å². The Morgan fingerprint density at radius 3 is 3.00 bits per heavy atom. The number of rotatable bonds is 2. The van der Waals surface area contributed by atoms with Crippen LogP contribution in [0.5, 0.6) is 0 Å². The number of benzene rings is 1. The summed E-state index contributed by atoms with van der Waals surface area (Å²) in [5, 5.41) is 2.96. The lowest BCUT2D eigenvalue weighted by Gasteiger charge is -2.20. The normalized spacial score (nSPS) is 19.4. The van der Waals surface area contributed by atoms with Gasteiger partial charge in [-0.1, -0.05) is 0 Å². The number of carbonyl (C=O) groups excluding carboxylic acids is 1. The number of nitrogens with two attached hydrogens (primary N) is 1. The smallest absolute Gasteiger partial charge is 0.217 e. The van der Waals surface area contributed by atoms with Crippen molar-refractivity contribution in [1.82, 2.24) is 5.32 Å². The number of amides is 1. The summed E-state index contributed by atoms with van der Waals surface area (Å²) in [6, 6.07) is 6.21. The molecule has 92 valence electrons. The van der Waals surface area contributed by atoms with E-state index in [4.69, 9.17) is 5.73 Å². The number of anilines is 2. The van der Waals surface area contributed by atoms with Gasteiger partial charge in [0.2, 0.25) is 5.91 Å². The molecule has 1 fully saturated rings. The topological polar surface area (TPSA) is 58.4 Å². The summed E-state index contributed by atoms with van der Waals surface area (Å²) in [6.45, 7) is 3.42. The highest BCUT2D eigenvalue weighted by Crippen LogP contribution is 2.27. The van der Waals surface area contributed by atoms with Crippen LogP contribution in [-0.2, 0) is 4.79 Å². The van der Waals surface area contributed by atoms with Gasteiger partial charge in [0.1, 0.15) is 0 Å². The highest BCUT2D eigenvalue weighted by Gasteiger charge is 2.24. The molecule has 0 bridgehead atoms. The Kier molecular flexibility index (Phi) is 3.76. The average molecular weight is 345 g/mol. The average Bonchev–Trinajstić information content (AvgIpc) is 2.65. The Morgan fingerprint density at radius 2 is 2.35 bits per heavy atom. The van der Waals surface area contributed by atoms with Crippen molar-refractivity contribution in [3.05, 3.63) is 21.8 Å². The lowest BCUT2D eigenvalue weighted by Crippen LogP contribution is -2.35. The molecule has 1 saturated heterocycles. The van der Waals surface area contributed by atoms with Crippen LogP contribution in [0.25, 0.3) is 0 Å². The maximum absolute atomic E-state index is 11.0. The van der Waals surface area contributed by atoms with E-state index < -0.39 is 0 Å². The lowest BCUT2D eigenvalue weighted by atomic mass is 10.2. The Bertz CT molecular complexity index is 436. The fraction of sp³-hybridized carbons (Fsp3) is 0.417. The molecule has 3 N–H and O–H groups in total. The molecule has 0 aliphatic carbocycles. The monoisotopic (exact) mass is 345 g/mol. The molecule has 1 aliphatic heterocycles. The van der Waals surface area contributed by atoms with E-state index in [0.717, 1.165) is 28.8 Å². The molecule has 17 heavy (non-hydrogen) atoms. The van der Waals surface area contributed by atoms with Gasteiger partial charge in [-0.3, -0.25) is 4.79 Å². The second kappa shape index (κ2) is 5.12. The molecule has 1 aromatic carbocycles. The minimum absolute atomic E-state index is 0.0452. The third-order valence-electron chi connectivity index (χ3n) is 2.91. The van der Waals surface area contributed by atoms with E-state index in [1.165, 1.54) is 5.69 Å². The van der Waals surface area contributed by atoms with Crippen LogP contribution >= 0.6 is 22.6 Å². The first kappa shape index (κ1) is 12.5. The lowest BCUT2D eigenvalue weighted by molar-refractivity contribution is -0.119. The fourth-order valence-electron chi connectivity index (χ4n) is 2.16. The van der Waals surface area contributed by atoms with E-state index in [-0.39, 0.29) is 11.9 Å². The molecule has 2 rings (SSSR count). The van der Waals surface area contributed by atoms with Gasteiger partial charge < -0.3 is 16.0 Å². The van der Waals surface area contributed by atoms with Gasteiger partial charge in [0, 0.05) is 35.3 Å². The van der Waals surface area contributed by atoms with Crippen LogP contribution in [0.4, 0.5) is 11.4 Å². The van der Waals surface area contributed by atoms with E-state index in [2.05, 4.69) is 32.8 Å². The summed E-state index contributed by atoms with van der Waals surface area (Å²) < 4.78 is 1.16. The predicted molar refractivity (Wildman–Crippen MR) is 78.0 cm³/mol. The first-order chi connectivity index (χ1) is 8.06. The highest BCUT2D eigenvalue weighted by molar-refractivity contribution is 14.1. The van der Waals surface area contributed by atoms with E-state index in [0.29, 0.717) is 0 Å². The molecule has 4 nitrogen and oxygen atoms in total. The van der Waals surface area contributed by atoms with Crippen molar-refractivity contribution in [1.29, 1.82) is 0 Å². The number of nitrogens with zero attached hydrogens (tertiary/aromatic N) is 1. The van der Waals surface area contributed by atoms with Crippen molar-refractivity contribution in [3.63, 3.8) is 0 Å². The molecule has 1 unspecified atom stereocenters. The molecule has 0 aromatic heterocycles. The van der Waals surface area contributed by atoms with Gasteiger partial charge in [0.05, 0.1) is 5.69 Å². The number of nitrogen functional groups attached to an aromatic ring is 1. The first-order valence-electron chi connectivity index (χ1n) is 5.63. The summed E-state index contributed by atoms with van der Waals surface area (Å²) in [4.78, 5) is 13.3. The van der Waals surface area contributed by atoms with Crippen molar-refractivity contribution in [2.45, 2.75) is 19.4 Å². The SMILES string of the molecule is CC(=O)NC1CCN(c2ccc(N)cc2I)C1. The molecule has 0 radical (unpaired) electrons. The molecule has 5 heteroatoms. The zero-order valence-electron chi connectivity index (χ0n) is 9.74. The van der Waals surface area contributed by atoms with Crippen LogP contribution in [0, 0.1) is 3.57 Å². The van der Waals surface area contributed by atoms with Crippen LogP contribution in [0.3, 0.4) is 0 Å². The molecule has 1 heterocycles. The zero-order chi connectivity index (χ0) is 12.4. The molecule has 1 atom stereocenters. The number of hydrogen-bond acceptors (Lipinski definition) is 3. The number of hydrogen-bond donors (Lipinski definition) is 2. The van der Waals surface area contributed by atoms with E-state index >= 15 is 0 Å². The summed E-state index contributed by atoms with van der Waals surface area (Å²) in [5.74, 6) is 0.0452. The minimum atomic E-state index is 0.0452. The number of nitrogens with one attached hydrogen (secondary N) is 1. The van der Waals surface area contributed by atoms with Gasteiger partial charge in [-0.15, -0.1) is 0 Å². The molecule has 1 amide bonds. The fourth-order valence-corrected chi connectivity index (χ4v) is 3.04. The van der Waals surface area contributed by atoms with Gasteiger partial charge >= 0.3 is 0 Å². The largest absolute Gasteiger partial charge is 0.399 e. The van der Waals surface area contributed by atoms with Crippen LogP contribution < -0.4 is 16.0 Å². The first-order valence-corrected chi connectivity index (χ1v) is 6.71. The van der Waals surface area contributed by atoms with E-state index in [9.17, 15) is 4.79 Å². The second-order valence-electron chi connectivity index (χ2n) is 4.34. The predicted octanol–water partition coefficient (Wildman–Crippen LogP) is 1.59. The van der Waals surface area contributed by atoms with E-state index in [1.807, 2.05) is 18.2 Å². The summed E-state index contributed by atoms with van der Waals surface area (Å²) >= 11 is 2.30. The van der Waals surface area contributed by atoms with Gasteiger partial charge in [-0.05, 0) is 47.2 Å². The van der Waals surface area contributed by atoms with Crippen molar-refractivity contribution in [2.75, 3.05) is 23.7 Å². The second-order valence-corrected chi connectivity index (χ2v) is 5.51. The summed E-state index contributed by atoms with van der Waals surface area (Å²) in [6.07, 6.45) is 1.00. The molecular formula is C12H16IN3O. The van der Waals surface area contributed by atoms with Crippen molar-refractivity contribution >= 4 is 39.9 Å². The maximum Gasteiger partial charge on any atom is 0.217 e. The molecule has 1 aromatic rings. The number of carbonyl (C=O) groups is 1. The molecular weight excluding hydrogens is 329 g/mol. The van der Waals surface area contributed by atoms with E-state index in [1.54, 1.807) is 6.92 Å². The third kappa shape index (κ3) is 3.02. The van der Waals surface area contributed by atoms with Gasteiger partial charge in [0.25, 0.3) is 0 Å². The van der Waals surface area contributed by atoms with Crippen molar-refractivity contribution < 1.29 is 4.79 Å². The van der Waals surface area contributed by atoms with Crippen LogP contribution in [0.1, 0.15) is 13.3 Å². The molecule has 0 saturated carbocycles. The van der Waals surface area contributed by atoms with Crippen molar-refractivity contribution in [3.8, 4) is 0 Å². The van der Waals surface area contributed by atoms with Crippen LogP contribution in [0.2, 0.25) is 0 Å². The standard InChI is InChI=1S/C12H16IN3O/c1-8(17)15-10-4-5-16(7-10)12-3-2-9(14)6-11(12)13/h2-3,6,10H,4-5,7,14H2,1H3,(H,15,17). The Labute approximate surface area is 115 Å². The summed E-state index contributed by atoms with van der Waals surface area (Å²) in [5.41, 5.74) is 7.73. The van der Waals surface area contributed by atoms with Crippen LogP contribution in [-0.4, -0.2) is 25.0 Å². The quantitative estimate of drug-likeness (QED) is 0.632. The summed E-state index contributed by atoms with van der Waals surface area (Å²) in [7, 11) is 0. The molecule has 1 aliphatic rings. The van der Waals surface area contributed by atoms with Gasteiger partial charge in [-0.2, -0.15) is 0 Å². The third-order valence-corrected chi connectivity index (χ3v) is 3.77. The molecule has 0 spiro atoms. The highest BCUT2D eigenvalue weighted by atomic mass is 127. The Hall–Kier alpha value is -0.980. The maximum atomic E-state index is 11.0. The van der Waals surface area contributed by atoms with Gasteiger partial charge in [-0.25, -0.2) is 0 Å². The van der Waals surface area contributed by atoms with Crippen molar-refractivity contribution in [2.24, 2.45) is 0 Å². The number of halogens is 1. The minimum Gasteiger partial charge on any atom is -0.399 e. The van der Waals surface area contributed by atoms with Gasteiger partial charge in [0.15, 0.2) is 0 Å². The Morgan fingerprint density at radius 1 is 1.59 bits per heavy atom.